The highest BCUT2D eigenvalue weighted by molar-refractivity contribution is 9.10. The average molecular weight is 376 g/mol. The van der Waals surface area contributed by atoms with Gasteiger partial charge in [0.25, 0.3) is 0 Å². The van der Waals surface area contributed by atoms with E-state index >= 15 is 0 Å². The SMILES string of the molecule is CCn1ncc(Br)c1C(CSc1ccccc1Cl)NN. The third-order valence-electron chi connectivity index (χ3n) is 2.91. The monoisotopic (exact) mass is 374 g/mol. The van der Waals surface area contributed by atoms with Crippen LogP contribution in [0.25, 0.3) is 0 Å². The van der Waals surface area contributed by atoms with Gasteiger partial charge in [-0.25, -0.2) is 0 Å². The summed E-state index contributed by atoms with van der Waals surface area (Å²) in [6, 6.07) is 7.79. The molecular weight excluding hydrogens is 360 g/mol. The molecule has 108 valence electrons. The first-order valence-corrected chi connectivity index (χ1v) is 8.37. The van der Waals surface area contributed by atoms with E-state index < -0.39 is 0 Å². The summed E-state index contributed by atoms with van der Waals surface area (Å²) in [5, 5.41) is 5.08. The van der Waals surface area contributed by atoms with Gasteiger partial charge in [0.15, 0.2) is 0 Å². The fourth-order valence-corrected chi connectivity index (χ4v) is 3.76. The Kier molecular flexibility index (Phi) is 5.92. The maximum absolute atomic E-state index is 6.17. The van der Waals surface area contributed by atoms with Crippen molar-refractivity contribution in [2.75, 3.05) is 5.75 Å². The molecule has 1 unspecified atom stereocenters. The Labute approximate surface area is 136 Å². The predicted octanol–water partition coefficient (Wildman–Crippen LogP) is 3.62. The summed E-state index contributed by atoms with van der Waals surface area (Å²) in [6.45, 7) is 2.85. The van der Waals surface area contributed by atoms with Crippen LogP contribution in [-0.2, 0) is 6.54 Å². The molecule has 0 saturated carbocycles. The van der Waals surface area contributed by atoms with Gasteiger partial charge in [-0.15, -0.1) is 11.8 Å². The number of halogens is 2. The molecule has 0 bridgehead atoms. The lowest BCUT2D eigenvalue weighted by Gasteiger charge is -2.18. The van der Waals surface area contributed by atoms with Crippen molar-refractivity contribution in [1.82, 2.24) is 15.2 Å². The standard InChI is InChI=1S/C13H16BrClN4S/c1-2-19-13(9(14)7-17-19)11(18-16)8-20-12-6-4-3-5-10(12)15/h3-7,11,18H,2,8,16H2,1H3. The number of nitrogens with zero attached hydrogens (tertiary/aromatic N) is 2. The van der Waals surface area contributed by atoms with Crippen LogP contribution < -0.4 is 11.3 Å². The molecule has 0 fully saturated rings. The number of aryl methyl sites for hydroxylation is 1. The van der Waals surface area contributed by atoms with Crippen molar-refractivity contribution >= 4 is 39.3 Å². The van der Waals surface area contributed by atoms with Crippen LogP contribution in [0.15, 0.2) is 39.8 Å². The molecule has 0 spiro atoms. The van der Waals surface area contributed by atoms with Crippen LogP contribution >= 0.6 is 39.3 Å². The van der Waals surface area contributed by atoms with Crippen LogP contribution in [0, 0.1) is 0 Å². The second-order valence-corrected chi connectivity index (χ2v) is 6.48. The lowest BCUT2D eigenvalue weighted by atomic mass is 10.2. The highest BCUT2D eigenvalue weighted by Gasteiger charge is 2.19. The number of nitrogens with two attached hydrogens (primary N) is 1. The normalized spacial score (nSPS) is 12.6. The van der Waals surface area contributed by atoms with E-state index in [0.717, 1.165) is 32.4 Å². The van der Waals surface area contributed by atoms with Crippen molar-refractivity contribution in [3.05, 3.63) is 45.7 Å². The van der Waals surface area contributed by atoms with Crippen molar-refractivity contribution < 1.29 is 0 Å². The lowest BCUT2D eigenvalue weighted by Crippen LogP contribution is -2.31. The fraction of sp³-hybridized carbons (Fsp3) is 0.308. The molecule has 1 heterocycles. The van der Waals surface area contributed by atoms with Gasteiger partial charge in [0.1, 0.15) is 0 Å². The minimum Gasteiger partial charge on any atom is -0.271 e. The van der Waals surface area contributed by atoms with Crippen molar-refractivity contribution in [2.24, 2.45) is 5.84 Å². The summed E-state index contributed by atoms with van der Waals surface area (Å²) in [5.74, 6) is 6.47. The summed E-state index contributed by atoms with van der Waals surface area (Å²) in [6.07, 6.45) is 1.79. The lowest BCUT2D eigenvalue weighted by molar-refractivity contribution is 0.526. The number of benzene rings is 1. The van der Waals surface area contributed by atoms with Gasteiger partial charge in [-0.05, 0) is 35.0 Å². The highest BCUT2D eigenvalue weighted by Crippen LogP contribution is 2.32. The number of nitrogens with one attached hydrogen (secondary N) is 1. The molecule has 0 amide bonds. The summed E-state index contributed by atoms with van der Waals surface area (Å²) >= 11 is 11.4. The number of hydrazine groups is 1. The van der Waals surface area contributed by atoms with Crippen molar-refractivity contribution in [3.63, 3.8) is 0 Å². The largest absolute Gasteiger partial charge is 0.271 e. The average Bonchev–Trinajstić information content (AvgIpc) is 2.83. The summed E-state index contributed by atoms with van der Waals surface area (Å²) < 4.78 is 2.89. The zero-order valence-corrected chi connectivity index (χ0v) is 14.2. The third-order valence-corrected chi connectivity index (χ3v) is 5.13. The topological polar surface area (TPSA) is 55.9 Å². The molecular formula is C13H16BrClN4S. The molecule has 0 radical (unpaired) electrons. The molecule has 7 heteroatoms. The molecule has 0 aliphatic heterocycles. The Morgan fingerprint density at radius 2 is 2.25 bits per heavy atom. The Bertz CT molecular complexity index is 575. The molecule has 1 aromatic carbocycles. The Morgan fingerprint density at radius 1 is 1.50 bits per heavy atom. The Hall–Kier alpha value is -0.530. The first-order valence-electron chi connectivity index (χ1n) is 6.22. The molecule has 2 aromatic rings. The van der Waals surface area contributed by atoms with E-state index in [2.05, 4.69) is 33.4 Å². The van der Waals surface area contributed by atoms with E-state index in [1.807, 2.05) is 28.9 Å². The summed E-state index contributed by atoms with van der Waals surface area (Å²) in [4.78, 5) is 1.05. The third kappa shape index (κ3) is 3.56. The quantitative estimate of drug-likeness (QED) is 0.460. The maximum Gasteiger partial charge on any atom is 0.0734 e. The van der Waals surface area contributed by atoms with Crippen LogP contribution in [-0.4, -0.2) is 15.5 Å². The molecule has 0 aliphatic carbocycles. The molecule has 4 nitrogen and oxygen atoms in total. The highest BCUT2D eigenvalue weighted by atomic mass is 79.9. The Morgan fingerprint density at radius 3 is 2.90 bits per heavy atom. The predicted molar refractivity (Wildman–Crippen MR) is 87.8 cm³/mol. The van der Waals surface area contributed by atoms with Gasteiger partial charge in [0.05, 0.1) is 27.4 Å². The number of thioether (sulfide) groups is 1. The van der Waals surface area contributed by atoms with Crippen molar-refractivity contribution in [1.29, 1.82) is 0 Å². The van der Waals surface area contributed by atoms with Crippen molar-refractivity contribution in [2.45, 2.75) is 24.4 Å². The van der Waals surface area contributed by atoms with Gasteiger partial charge < -0.3 is 0 Å². The number of aromatic nitrogens is 2. The van der Waals surface area contributed by atoms with Crippen LogP contribution in [0.3, 0.4) is 0 Å². The van der Waals surface area contributed by atoms with E-state index in [9.17, 15) is 0 Å². The minimum absolute atomic E-state index is 0.00639. The smallest absolute Gasteiger partial charge is 0.0734 e. The Balaban J connectivity index is 2.13. The fourth-order valence-electron chi connectivity index (χ4n) is 1.91. The number of hydrogen-bond donors (Lipinski definition) is 2. The van der Waals surface area contributed by atoms with Crippen LogP contribution in [0.4, 0.5) is 0 Å². The van der Waals surface area contributed by atoms with Crippen LogP contribution in [0.5, 0.6) is 0 Å². The van der Waals surface area contributed by atoms with E-state index in [1.165, 1.54) is 0 Å². The number of hydrogen-bond acceptors (Lipinski definition) is 4. The first-order chi connectivity index (χ1) is 9.67. The van der Waals surface area contributed by atoms with E-state index in [4.69, 9.17) is 17.4 Å². The molecule has 0 aliphatic rings. The zero-order valence-electron chi connectivity index (χ0n) is 11.0. The van der Waals surface area contributed by atoms with Gasteiger partial charge in [-0.3, -0.25) is 16.0 Å². The second kappa shape index (κ2) is 7.47. The van der Waals surface area contributed by atoms with Crippen LogP contribution in [0.1, 0.15) is 18.7 Å². The van der Waals surface area contributed by atoms with E-state index in [1.54, 1.807) is 18.0 Å². The van der Waals surface area contributed by atoms with E-state index in [0.29, 0.717) is 0 Å². The van der Waals surface area contributed by atoms with Crippen molar-refractivity contribution in [3.8, 4) is 0 Å². The summed E-state index contributed by atoms with van der Waals surface area (Å²) in [7, 11) is 0. The molecule has 3 N–H and O–H groups in total. The minimum atomic E-state index is -0.00639. The molecule has 2 rings (SSSR count). The van der Waals surface area contributed by atoms with Gasteiger partial charge >= 0.3 is 0 Å². The van der Waals surface area contributed by atoms with E-state index in [-0.39, 0.29) is 6.04 Å². The number of rotatable bonds is 6. The van der Waals surface area contributed by atoms with Crippen LogP contribution in [0.2, 0.25) is 5.02 Å². The van der Waals surface area contributed by atoms with Gasteiger partial charge in [-0.2, -0.15) is 5.10 Å². The maximum atomic E-state index is 6.17. The van der Waals surface area contributed by atoms with Gasteiger partial charge in [0, 0.05) is 17.2 Å². The molecule has 1 atom stereocenters. The first kappa shape index (κ1) is 15.9. The van der Waals surface area contributed by atoms with Gasteiger partial charge in [-0.1, -0.05) is 23.7 Å². The molecule has 20 heavy (non-hydrogen) atoms. The second-order valence-electron chi connectivity index (χ2n) is 4.15. The van der Waals surface area contributed by atoms with Gasteiger partial charge in [0.2, 0.25) is 0 Å². The molecule has 1 aromatic heterocycles. The zero-order chi connectivity index (χ0) is 14.5. The molecule has 0 saturated heterocycles. The summed E-state index contributed by atoms with van der Waals surface area (Å²) in [5.41, 5.74) is 3.91.